The van der Waals surface area contributed by atoms with Gasteiger partial charge < -0.3 is 19.7 Å². The predicted molar refractivity (Wildman–Crippen MR) is 103 cm³/mol. The van der Waals surface area contributed by atoms with Gasteiger partial charge in [0.2, 0.25) is 0 Å². The molecule has 0 spiro atoms. The quantitative estimate of drug-likeness (QED) is 0.716. The molecule has 2 rings (SSSR count). The Labute approximate surface area is 164 Å². The molecule has 7 heteroatoms. The highest BCUT2D eigenvalue weighted by Crippen LogP contribution is 2.35. The van der Waals surface area contributed by atoms with Gasteiger partial charge in [-0.05, 0) is 36.6 Å². The van der Waals surface area contributed by atoms with E-state index in [1.807, 2.05) is 37.3 Å². The zero-order valence-electron chi connectivity index (χ0n) is 16.2. The minimum Gasteiger partial charge on any atom is -0.504 e. The minimum absolute atomic E-state index is 0.0362. The predicted octanol–water partition coefficient (Wildman–Crippen LogP) is 3.75. The molecule has 150 valence electrons. The molecule has 0 bridgehead atoms. The van der Waals surface area contributed by atoms with Crippen LogP contribution in [-0.2, 0) is 21.7 Å². The van der Waals surface area contributed by atoms with E-state index in [4.69, 9.17) is 9.47 Å². The van der Waals surface area contributed by atoms with E-state index in [1.54, 1.807) is 0 Å². The van der Waals surface area contributed by atoms with Crippen molar-refractivity contribution in [3.05, 3.63) is 59.7 Å². The number of methoxy groups -OCH3 is 1. The van der Waals surface area contributed by atoms with Crippen molar-refractivity contribution in [1.29, 1.82) is 0 Å². The number of aliphatic carboxylic acids is 1. The van der Waals surface area contributed by atoms with Crippen LogP contribution in [0.5, 0.6) is 11.5 Å². The molecule has 7 nitrogen and oxygen atoms in total. The summed E-state index contributed by atoms with van der Waals surface area (Å²) >= 11 is 0. The normalized spacial score (nSPS) is 12.7. The van der Waals surface area contributed by atoms with Crippen LogP contribution in [0.2, 0.25) is 0 Å². The van der Waals surface area contributed by atoms with E-state index in [9.17, 15) is 19.8 Å². The van der Waals surface area contributed by atoms with Crippen molar-refractivity contribution in [3.8, 4) is 11.5 Å². The standard InChI is InChI=1S/C21H25NO6/c1-4-12-22(20(26)28-14-15-8-6-5-7-9-15)21(2,19(24)25)16-10-11-17(23)18(13-16)27-3/h5-11,13,23H,4,12,14H2,1-3H3,(H,24,25). The van der Waals surface area contributed by atoms with E-state index in [1.165, 1.54) is 37.1 Å². The maximum absolute atomic E-state index is 12.8. The summed E-state index contributed by atoms with van der Waals surface area (Å²) in [6.07, 6.45) is -0.193. The molecule has 0 heterocycles. The monoisotopic (exact) mass is 387 g/mol. The Balaban J connectivity index is 2.37. The van der Waals surface area contributed by atoms with Gasteiger partial charge in [-0.2, -0.15) is 0 Å². The molecular weight excluding hydrogens is 362 g/mol. The first kappa shape index (κ1) is 21.1. The molecule has 0 saturated carbocycles. The number of aromatic hydroxyl groups is 1. The Bertz CT molecular complexity index is 823. The third-order valence-corrected chi connectivity index (χ3v) is 4.57. The number of nitrogens with zero attached hydrogens (tertiary/aromatic N) is 1. The first-order valence-electron chi connectivity index (χ1n) is 8.93. The van der Waals surface area contributed by atoms with Crippen molar-refractivity contribution in [3.63, 3.8) is 0 Å². The topological polar surface area (TPSA) is 96.3 Å². The number of hydrogen-bond acceptors (Lipinski definition) is 5. The number of phenolic OH excluding ortho intramolecular Hbond substituents is 1. The van der Waals surface area contributed by atoms with E-state index in [0.717, 1.165) is 5.56 Å². The Morgan fingerprint density at radius 1 is 1.14 bits per heavy atom. The van der Waals surface area contributed by atoms with Crippen molar-refractivity contribution in [2.24, 2.45) is 0 Å². The molecule has 0 fully saturated rings. The van der Waals surface area contributed by atoms with Gasteiger partial charge in [-0.1, -0.05) is 43.3 Å². The number of amides is 1. The van der Waals surface area contributed by atoms with Gasteiger partial charge in [0.25, 0.3) is 0 Å². The maximum atomic E-state index is 12.8. The van der Waals surface area contributed by atoms with Crippen molar-refractivity contribution in [2.75, 3.05) is 13.7 Å². The van der Waals surface area contributed by atoms with Gasteiger partial charge in [-0.3, -0.25) is 4.90 Å². The number of rotatable bonds is 8. The van der Waals surface area contributed by atoms with Crippen LogP contribution in [0, 0.1) is 0 Å². The number of hydrogen-bond donors (Lipinski definition) is 2. The van der Waals surface area contributed by atoms with Crippen LogP contribution >= 0.6 is 0 Å². The van der Waals surface area contributed by atoms with E-state index in [-0.39, 0.29) is 24.7 Å². The molecule has 1 unspecified atom stereocenters. The average Bonchev–Trinajstić information content (AvgIpc) is 2.70. The van der Waals surface area contributed by atoms with Gasteiger partial charge in [-0.15, -0.1) is 0 Å². The lowest BCUT2D eigenvalue weighted by Gasteiger charge is -2.37. The number of carbonyl (C=O) groups excluding carboxylic acids is 1. The molecule has 0 aromatic heterocycles. The highest BCUT2D eigenvalue weighted by atomic mass is 16.6. The summed E-state index contributed by atoms with van der Waals surface area (Å²) in [4.78, 5) is 26.2. The second kappa shape index (κ2) is 9.12. The van der Waals surface area contributed by atoms with E-state index in [2.05, 4.69) is 0 Å². The lowest BCUT2D eigenvalue weighted by Crippen LogP contribution is -2.53. The Hall–Kier alpha value is -3.22. The van der Waals surface area contributed by atoms with Crippen molar-refractivity contribution >= 4 is 12.1 Å². The third kappa shape index (κ3) is 4.36. The zero-order chi connectivity index (χ0) is 20.7. The van der Waals surface area contributed by atoms with Gasteiger partial charge >= 0.3 is 12.1 Å². The first-order valence-corrected chi connectivity index (χ1v) is 8.93. The zero-order valence-corrected chi connectivity index (χ0v) is 16.2. The summed E-state index contributed by atoms with van der Waals surface area (Å²) < 4.78 is 10.5. The van der Waals surface area contributed by atoms with Crippen LogP contribution < -0.4 is 4.74 Å². The van der Waals surface area contributed by atoms with Crippen molar-refractivity contribution in [1.82, 2.24) is 4.90 Å². The molecule has 0 aliphatic rings. The van der Waals surface area contributed by atoms with Gasteiger partial charge in [0.05, 0.1) is 7.11 Å². The average molecular weight is 387 g/mol. The fourth-order valence-electron chi connectivity index (χ4n) is 2.89. The molecule has 2 aromatic carbocycles. The molecule has 2 aromatic rings. The van der Waals surface area contributed by atoms with Gasteiger partial charge in [-0.25, -0.2) is 9.59 Å². The van der Waals surface area contributed by atoms with E-state index in [0.29, 0.717) is 12.0 Å². The SMILES string of the molecule is CCCN(C(=O)OCc1ccccc1)C(C)(C(=O)O)c1ccc(O)c(OC)c1. The largest absolute Gasteiger partial charge is 0.504 e. The minimum atomic E-state index is -1.70. The van der Waals surface area contributed by atoms with Crippen LogP contribution in [0.4, 0.5) is 4.79 Å². The molecule has 1 atom stereocenters. The Morgan fingerprint density at radius 3 is 2.39 bits per heavy atom. The number of carbonyl (C=O) groups is 2. The number of carboxylic acids is 1. The summed E-state index contributed by atoms with van der Waals surface area (Å²) in [5.74, 6) is -1.21. The van der Waals surface area contributed by atoms with Crippen LogP contribution in [-0.4, -0.2) is 40.8 Å². The second-order valence-corrected chi connectivity index (χ2v) is 6.46. The van der Waals surface area contributed by atoms with Gasteiger partial charge in [0, 0.05) is 6.54 Å². The van der Waals surface area contributed by atoms with E-state index >= 15 is 0 Å². The summed E-state index contributed by atoms with van der Waals surface area (Å²) in [5.41, 5.74) is -0.611. The highest BCUT2D eigenvalue weighted by Gasteiger charge is 2.45. The molecule has 0 aliphatic heterocycles. The van der Waals surface area contributed by atoms with Gasteiger partial charge in [0.1, 0.15) is 6.61 Å². The smallest absolute Gasteiger partial charge is 0.411 e. The Kier molecular flexibility index (Phi) is 6.87. The summed E-state index contributed by atoms with van der Waals surface area (Å²) in [7, 11) is 1.37. The molecule has 0 aliphatic carbocycles. The molecule has 2 N–H and O–H groups in total. The van der Waals surface area contributed by atoms with Crippen LogP contribution in [0.1, 0.15) is 31.4 Å². The second-order valence-electron chi connectivity index (χ2n) is 6.46. The maximum Gasteiger partial charge on any atom is 0.411 e. The number of carboxylic acid groups (broad SMARTS) is 1. The number of ether oxygens (including phenoxy) is 2. The van der Waals surface area contributed by atoms with Crippen LogP contribution in [0.15, 0.2) is 48.5 Å². The molecular formula is C21H25NO6. The van der Waals surface area contributed by atoms with Crippen LogP contribution in [0.25, 0.3) is 0 Å². The molecule has 0 saturated heterocycles. The summed E-state index contributed by atoms with van der Waals surface area (Å²) in [6.45, 7) is 3.49. The van der Waals surface area contributed by atoms with Crippen LogP contribution in [0.3, 0.4) is 0 Å². The van der Waals surface area contributed by atoms with E-state index < -0.39 is 17.6 Å². The number of phenols is 1. The lowest BCUT2D eigenvalue weighted by molar-refractivity contribution is -0.150. The molecule has 28 heavy (non-hydrogen) atoms. The first-order chi connectivity index (χ1) is 13.3. The number of benzene rings is 2. The fraction of sp³-hybridized carbons (Fsp3) is 0.333. The summed E-state index contributed by atoms with van der Waals surface area (Å²) in [5, 5.41) is 19.8. The summed E-state index contributed by atoms with van der Waals surface area (Å²) in [6, 6.07) is 13.4. The third-order valence-electron chi connectivity index (χ3n) is 4.57. The lowest BCUT2D eigenvalue weighted by atomic mass is 9.89. The highest BCUT2D eigenvalue weighted by molar-refractivity contribution is 5.85. The van der Waals surface area contributed by atoms with Crippen molar-refractivity contribution < 1.29 is 29.3 Å². The Morgan fingerprint density at radius 2 is 1.82 bits per heavy atom. The van der Waals surface area contributed by atoms with Crippen molar-refractivity contribution in [2.45, 2.75) is 32.4 Å². The fourth-order valence-corrected chi connectivity index (χ4v) is 2.89. The molecule has 1 amide bonds. The molecule has 0 radical (unpaired) electrons. The van der Waals surface area contributed by atoms with Gasteiger partial charge in [0.15, 0.2) is 17.0 Å².